The van der Waals surface area contributed by atoms with Crippen LogP contribution in [-0.4, -0.2) is 26.7 Å². The molecule has 1 amide bonds. The lowest BCUT2D eigenvalue weighted by molar-refractivity contribution is -0.116. The van der Waals surface area contributed by atoms with Gasteiger partial charge in [-0.15, -0.1) is 0 Å². The molecule has 0 bridgehead atoms. The number of ether oxygens (including phenoxy) is 3. The van der Waals surface area contributed by atoms with Gasteiger partial charge in [-0.05, 0) is 29.8 Å². The Morgan fingerprint density at radius 1 is 1.12 bits per heavy atom. The molecule has 0 aromatic heterocycles. The van der Waals surface area contributed by atoms with Crippen LogP contribution in [0.2, 0.25) is 0 Å². The number of benzene rings is 2. The fourth-order valence-corrected chi connectivity index (χ4v) is 2.28. The van der Waals surface area contributed by atoms with Crippen LogP contribution in [0.5, 0.6) is 17.2 Å². The SMILES string of the molecule is COc1ccccc1CNC(=O)/C=C/c1ccc(OCC#N)c(OC)c1. The predicted octanol–water partition coefficient (Wildman–Crippen LogP) is 2.94. The molecule has 2 rings (SSSR count). The maximum Gasteiger partial charge on any atom is 0.244 e. The van der Waals surface area contributed by atoms with Gasteiger partial charge < -0.3 is 19.5 Å². The molecule has 0 saturated heterocycles. The highest BCUT2D eigenvalue weighted by atomic mass is 16.5. The Hall–Kier alpha value is -3.46. The van der Waals surface area contributed by atoms with Gasteiger partial charge in [0.05, 0.1) is 14.2 Å². The fourth-order valence-electron chi connectivity index (χ4n) is 2.28. The summed E-state index contributed by atoms with van der Waals surface area (Å²) in [7, 11) is 3.11. The zero-order chi connectivity index (χ0) is 18.8. The van der Waals surface area contributed by atoms with Crippen molar-refractivity contribution in [2.24, 2.45) is 0 Å². The lowest BCUT2D eigenvalue weighted by Crippen LogP contribution is -2.20. The van der Waals surface area contributed by atoms with Crippen LogP contribution < -0.4 is 19.5 Å². The Morgan fingerprint density at radius 3 is 2.62 bits per heavy atom. The number of para-hydroxylation sites is 1. The number of carbonyl (C=O) groups is 1. The van der Waals surface area contributed by atoms with E-state index in [0.29, 0.717) is 18.0 Å². The molecule has 0 heterocycles. The lowest BCUT2D eigenvalue weighted by atomic mass is 10.2. The second-order valence-electron chi connectivity index (χ2n) is 5.22. The molecule has 0 atom stereocenters. The van der Waals surface area contributed by atoms with E-state index in [9.17, 15) is 4.79 Å². The van der Waals surface area contributed by atoms with Gasteiger partial charge in [-0.3, -0.25) is 4.79 Å². The molecule has 0 aliphatic carbocycles. The Labute approximate surface area is 152 Å². The summed E-state index contributed by atoms with van der Waals surface area (Å²) in [6.07, 6.45) is 3.12. The predicted molar refractivity (Wildman–Crippen MR) is 98.0 cm³/mol. The number of rotatable bonds is 8. The van der Waals surface area contributed by atoms with E-state index in [1.54, 1.807) is 31.4 Å². The molecule has 0 aliphatic rings. The highest BCUT2D eigenvalue weighted by Gasteiger charge is 2.05. The van der Waals surface area contributed by atoms with Crippen LogP contribution in [0.15, 0.2) is 48.5 Å². The first-order valence-electron chi connectivity index (χ1n) is 7.93. The molecule has 26 heavy (non-hydrogen) atoms. The number of carbonyl (C=O) groups excluding carboxylic acids is 1. The van der Waals surface area contributed by atoms with Crippen LogP contribution in [0.4, 0.5) is 0 Å². The first-order valence-corrected chi connectivity index (χ1v) is 7.93. The Balaban J connectivity index is 1.98. The van der Waals surface area contributed by atoms with Gasteiger partial charge in [-0.1, -0.05) is 24.3 Å². The minimum Gasteiger partial charge on any atom is -0.496 e. The average Bonchev–Trinajstić information content (AvgIpc) is 2.69. The Kier molecular flexibility index (Phi) is 7.07. The van der Waals surface area contributed by atoms with E-state index in [2.05, 4.69) is 5.32 Å². The minimum absolute atomic E-state index is 0.0586. The van der Waals surface area contributed by atoms with Crippen molar-refractivity contribution >= 4 is 12.0 Å². The zero-order valence-corrected chi connectivity index (χ0v) is 14.7. The summed E-state index contributed by atoms with van der Waals surface area (Å²) < 4.78 is 15.8. The molecule has 6 heteroatoms. The topological polar surface area (TPSA) is 80.6 Å². The van der Waals surface area contributed by atoms with Gasteiger partial charge in [0.1, 0.15) is 11.8 Å². The van der Waals surface area contributed by atoms with Crippen molar-refractivity contribution < 1.29 is 19.0 Å². The molecule has 0 saturated carbocycles. The Morgan fingerprint density at radius 2 is 1.88 bits per heavy atom. The van der Waals surface area contributed by atoms with Gasteiger partial charge >= 0.3 is 0 Å². The van der Waals surface area contributed by atoms with Crippen LogP contribution in [0.1, 0.15) is 11.1 Å². The van der Waals surface area contributed by atoms with E-state index >= 15 is 0 Å². The normalized spacial score (nSPS) is 10.2. The lowest BCUT2D eigenvalue weighted by Gasteiger charge is -2.09. The van der Waals surface area contributed by atoms with Crippen molar-refractivity contribution in [2.45, 2.75) is 6.54 Å². The number of nitrogens with zero attached hydrogens (tertiary/aromatic N) is 1. The van der Waals surface area contributed by atoms with Gasteiger partial charge in [0.15, 0.2) is 18.1 Å². The molecule has 0 unspecified atom stereocenters. The van der Waals surface area contributed by atoms with Crippen molar-refractivity contribution in [3.63, 3.8) is 0 Å². The molecule has 0 fully saturated rings. The fraction of sp³-hybridized carbons (Fsp3) is 0.200. The van der Waals surface area contributed by atoms with Crippen molar-refractivity contribution in [2.75, 3.05) is 20.8 Å². The smallest absolute Gasteiger partial charge is 0.244 e. The summed E-state index contributed by atoms with van der Waals surface area (Å²) in [5, 5.41) is 11.4. The summed E-state index contributed by atoms with van der Waals surface area (Å²) >= 11 is 0. The molecule has 6 nitrogen and oxygen atoms in total. The number of hydrogen-bond donors (Lipinski definition) is 1. The molecule has 0 radical (unpaired) electrons. The molecule has 2 aromatic carbocycles. The van der Waals surface area contributed by atoms with Crippen LogP contribution in [-0.2, 0) is 11.3 Å². The third kappa shape index (κ3) is 5.28. The quantitative estimate of drug-likeness (QED) is 0.739. The van der Waals surface area contributed by atoms with E-state index in [0.717, 1.165) is 16.9 Å². The van der Waals surface area contributed by atoms with Crippen molar-refractivity contribution in [1.29, 1.82) is 5.26 Å². The van der Waals surface area contributed by atoms with Gasteiger partial charge in [0.25, 0.3) is 0 Å². The minimum atomic E-state index is -0.223. The molecular weight excluding hydrogens is 332 g/mol. The van der Waals surface area contributed by atoms with E-state index in [4.69, 9.17) is 19.5 Å². The third-order valence-corrected chi connectivity index (χ3v) is 3.55. The summed E-state index contributed by atoms with van der Waals surface area (Å²) in [5.41, 5.74) is 1.68. The largest absolute Gasteiger partial charge is 0.496 e. The molecule has 1 N–H and O–H groups in total. The standard InChI is InChI=1S/C20H20N2O4/c1-24-17-6-4-3-5-16(17)14-22-20(23)10-8-15-7-9-18(26-12-11-21)19(13-15)25-2/h3-10,13H,12,14H2,1-2H3,(H,22,23)/b10-8+. The summed E-state index contributed by atoms with van der Waals surface area (Å²) in [5.74, 6) is 1.48. The van der Waals surface area contributed by atoms with E-state index in [-0.39, 0.29) is 12.5 Å². The number of methoxy groups -OCH3 is 2. The first kappa shape index (κ1) is 18.9. The molecule has 0 spiro atoms. The van der Waals surface area contributed by atoms with E-state index in [1.807, 2.05) is 30.3 Å². The van der Waals surface area contributed by atoms with Crippen LogP contribution in [0.25, 0.3) is 6.08 Å². The van der Waals surface area contributed by atoms with Gasteiger partial charge in [0, 0.05) is 18.2 Å². The maximum atomic E-state index is 12.0. The first-order chi connectivity index (χ1) is 12.7. The third-order valence-electron chi connectivity index (χ3n) is 3.55. The van der Waals surface area contributed by atoms with Crippen LogP contribution in [0.3, 0.4) is 0 Å². The number of amides is 1. The average molecular weight is 352 g/mol. The van der Waals surface area contributed by atoms with Gasteiger partial charge in [-0.25, -0.2) is 0 Å². The number of hydrogen-bond acceptors (Lipinski definition) is 5. The number of nitriles is 1. The van der Waals surface area contributed by atoms with Crippen molar-refractivity contribution in [3.8, 4) is 23.3 Å². The van der Waals surface area contributed by atoms with E-state index < -0.39 is 0 Å². The van der Waals surface area contributed by atoms with Crippen molar-refractivity contribution in [3.05, 3.63) is 59.7 Å². The van der Waals surface area contributed by atoms with E-state index in [1.165, 1.54) is 13.2 Å². The summed E-state index contributed by atoms with van der Waals surface area (Å²) in [6, 6.07) is 14.6. The highest BCUT2D eigenvalue weighted by molar-refractivity contribution is 5.91. The molecule has 134 valence electrons. The zero-order valence-electron chi connectivity index (χ0n) is 14.7. The molecular formula is C20H20N2O4. The number of nitrogens with one attached hydrogen (secondary N) is 1. The van der Waals surface area contributed by atoms with Crippen LogP contribution >= 0.6 is 0 Å². The second kappa shape index (κ2) is 9.74. The summed E-state index contributed by atoms with van der Waals surface area (Å²) in [6.45, 7) is 0.314. The molecule has 0 aliphatic heterocycles. The van der Waals surface area contributed by atoms with Crippen LogP contribution in [0, 0.1) is 11.3 Å². The summed E-state index contributed by atoms with van der Waals surface area (Å²) in [4.78, 5) is 12.0. The van der Waals surface area contributed by atoms with Gasteiger partial charge in [0.2, 0.25) is 5.91 Å². The second-order valence-corrected chi connectivity index (χ2v) is 5.22. The van der Waals surface area contributed by atoms with Gasteiger partial charge in [-0.2, -0.15) is 5.26 Å². The maximum absolute atomic E-state index is 12.0. The Bertz CT molecular complexity index is 825. The highest BCUT2D eigenvalue weighted by Crippen LogP contribution is 2.28. The monoisotopic (exact) mass is 352 g/mol. The van der Waals surface area contributed by atoms with Crippen molar-refractivity contribution in [1.82, 2.24) is 5.32 Å². The molecule has 2 aromatic rings.